The van der Waals surface area contributed by atoms with Gasteiger partial charge in [0.2, 0.25) is 5.91 Å². The van der Waals surface area contributed by atoms with Gasteiger partial charge in [0.05, 0.1) is 17.3 Å². The summed E-state index contributed by atoms with van der Waals surface area (Å²) in [6.45, 7) is -3.00. The second kappa shape index (κ2) is 7.92. The lowest BCUT2D eigenvalue weighted by Crippen LogP contribution is -2.08. The van der Waals surface area contributed by atoms with E-state index in [2.05, 4.69) is 15.0 Å². The highest BCUT2D eigenvalue weighted by Crippen LogP contribution is 2.33. The fraction of sp³-hybridized carbons (Fsp3) is 0.111. The lowest BCUT2D eigenvalue weighted by Gasteiger charge is -2.12. The van der Waals surface area contributed by atoms with Gasteiger partial charge in [0.25, 0.3) is 0 Å². The molecule has 134 valence electrons. The van der Waals surface area contributed by atoms with Gasteiger partial charge in [-0.2, -0.15) is 8.78 Å². The quantitative estimate of drug-likeness (QED) is 0.641. The number of amides is 1. The molecule has 0 unspecified atom stereocenters. The summed E-state index contributed by atoms with van der Waals surface area (Å²) in [5, 5.41) is 3.11. The summed E-state index contributed by atoms with van der Waals surface area (Å²) in [6.07, 6.45) is 2.60. The molecule has 0 spiro atoms. The molecule has 1 amide bonds. The number of rotatable bonds is 6. The number of ether oxygens (including phenoxy) is 2. The molecule has 0 saturated carbocycles. The molecule has 3 rings (SSSR count). The SMILES string of the molecule is COc1cccc(/C=C/C(=O)Nc2nc3ccccc3s2)c1OC(F)F. The maximum absolute atomic E-state index is 12.6. The van der Waals surface area contributed by atoms with Gasteiger partial charge >= 0.3 is 6.61 Å². The number of thiazole rings is 1. The number of anilines is 1. The first-order chi connectivity index (χ1) is 12.6. The minimum Gasteiger partial charge on any atom is -0.493 e. The van der Waals surface area contributed by atoms with Crippen molar-refractivity contribution in [2.75, 3.05) is 12.4 Å². The Kier molecular flexibility index (Phi) is 5.43. The second-order valence-electron chi connectivity index (χ2n) is 5.07. The Morgan fingerprint density at radius 3 is 2.77 bits per heavy atom. The van der Waals surface area contributed by atoms with Crippen molar-refractivity contribution in [3.05, 3.63) is 54.1 Å². The van der Waals surface area contributed by atoms with E-state index >= 15 is 0 Å². The van der Waals surface area contributed by atoms with Crippen LogP contribution in [0.25, 0.3) is 16.3 Å². The Labute approximate surface area is 151 Å². The maximum atomic E-state index is 12.6. The monoisotopic (exact) mass is 376 g/mol. The van der Waals surface area contributed by atoms with Crippen molar-refractivity contribution in [3.8, 4) is 11.5 Å². The summed E-state index contributed by atoms with van der Waals surface area (Å²) in [5.41, 5.74) is 1.08. The maximum Gasteiger partial charge on any atom is 0.387 e. The van der Waals surface area contributed by atoms with Crippen LogP contribution in [-0.2, 0) is 4.79 Å². The fourth-order valence-corrected chi connectivity index (χ4v) is 3.15. The summed E-state index contributed by atoms with van der Waals surface area (Å²) in [6, 6.07) is 12.2. The van der Waals surface area contributed by atoms with E-state index in [1.807, 2.05) is 24.3 Å². The zero-order chi connectivity index (χ0) is 18.5. The topological polar surface area (TPSA) is 60.5 Å². The van der Waals surface area contributed by atoms with Crippen LogP contribution in [0.1, 0.15) is 5.56 Å². The van der Waals surface area contributed by atoms with Crippen molar-refractivity contribution in [1.82, 2.24) is 4.98 Å². The molecule has 2 aromatic carbocycles. The van der Waals surface area contributed by atoms with Crippen LogP contribution in [0.3, 0.4) is 0 Å². The zero-order valence-corrected chi connectivity index (χ0v) is 14.4. The van der Waals surface area contributed by atoms with Crippen molar-refractivity contribution >= 4 is 38.7 Å². The van der Waals surface area contributed by atoms with Gasteiger partial charge in [0, 0.05) is 11.6 Å². The average Bonchev–Trinajstić information content (AvgIpc) is 3.02. The van der Waals surface area contributed by atoms with Gasteiger partial charge in [0.15, 0.2) is 16.6 Å². The zero-order valence-electron chi connectivity index (χ0n) is 13.6. The number of fused-ring (bicyclic) bond motifs is 1. The van der Waals surface area contributed by atoms with Crippen molar-refractivity contribution in [2.45, 2.75) is 6.61 Å². The minimum atomic E-state index is -3.00. The van der Waals surface area contributed by atoms with Crippen LogP contribution in [0.5, 0.6) is 11.5 Å². The molecule has 0 aliphatic heterocycles. The number of hydrogen-bond donors (Lipinski definition) is 1. The number of nitrogens with one attached hydrogen (secondary N) is 1. The number of alkyl halides is 2. The van der Waals surface area contributed by atoms with Crippen LogP contribution in [0.4, 0.5) is 13.9 Å². The molecule has 0 saturated heterocycles. The first-order valence-corrected chi connectivity index (χ1v) is 8.35. The van der Waals surface area contributed by atoms with Crippen LogP contribution in [-0.4, -0.2) is 24.6 Å². The molecule has 0 aliphatic rings. The van der Waals surface area contributed by atoms with Crippen LogP contribution in [0.2, 0.25) is 0 Å². The van der Waals surface area contributed by atoms with Crippen LogP contribution in [0, 0.1) is 0 Å². The fourth-order valence-electron chi connectivity index (χ4n) is 2.28. The molecule has 26 heavy (non-hydrogen) atoms. The molecule has 8 heteroatoms. The number of aromatic nitrogens is 1. The molecular weight excluding hydrogens is 362 g/mol. The summed E-state index contributed by atoms with van der Waals surface area (Å²) < 4.78 is 35.7. The highest BCUT2D eigenvalue weighted by molar-refractivity contribution is 7.22. The van der Waals surface area contributed by atoms with E-state index in [1.165, 1.54) is 36.7 Å². The Morgan fingerprint density at radius 2 is 2.04 bits per heavy atom. The number of benzene rings is 2. The van der Waals surface area contributed by atoms with E-state index in [0.29, 0.717) is 10.7 Å². The molecule has 0 atom stereocenters. The largest absolute Gasteiger partial charge is 0.493 e. The van der Waals surface area contributed by atoms with Gasteiger partial charge in [-0.25, -0.2) is 4.98 Å². The number of hydrogen-bond acceptors (Lipinski definition) is 5. The normalized spacial score (nSPS) is 11.2. The van der Waals surface area contributed by atoms with E-state index in [9.17, 15) is 13.6 Å². The second-order valence-corrected chi connectivity index (χ2v) is 6.10. The first kappa shape index (κ1) is 17.8. The predicted molar refractivity (Wildman–Crippen MR) is 96.9 cm³/mol. The van der Waals surface area contributed by atoms with E-state index < -0.39 is 12.5 Å². The van der Waals surface area contributed by atoms with Gasteiger partial charge in [-0.05, 0) is 24.3 Å². The standard InChI is InChI=1S/C18H14F2N2O3S/c1-24-13-7-4-5-11(16(13)25-17(19)20)9-10-15(23)22-18-21-12-6-2-3-8-14(12)26-18/h2-10,17H,1H3,(H,21,22,23)/b10-9+. The van der Waals surface area contributed by atoms with Crippen LogP contribution >= 0.6 is 11.3 Å². The minimum absolute atomic E-state index is 0.131. The van der Waals surface area contributed by atoms with Crippen molar-refractivity contribution in [1.29, 1.82) is 0 Å². The molecule has 3 aromatic rings. The first-order valence-electron chi connectivity index (χ1n) is 7.53. The van der Waals surface area contributed by atoms with Gasteiger partial charge in [-0.3, -0.25) is 10.1 Å². The number of nitrogens with zero attached hydrogens (tertiary/aromatic N) is 1. The number of methoxy groups -OCH3 is 1. The Morgan fingerprint density at radius 1 is 1.23 bits per heavy atom. The lowest BCUT2D eigenvalue weighted by atomic mass is 10.1. The average molecular weight is 376 g/mol. The van der Waals surface area contributed by atoms with E-state index in [4.69, 9.17) is 4.74 Å². The van der Waals surface area contributed by atoms with Crippen LogP contribution < -0.4 is 14.8 Å². The Balaban J connectivity index is 1.77. The third-order valence-electron chi connectivity index (χ3n) is 3.37. The van der Waals surface area contributed by atoms with Gasteiger partial charge < -0.3 is 9.47 Å². The van der Waals surface area contributed by atoms with Gasteiger partial charge in [0.1, 0.15) is 0 Å². The third kappa shape index (κ3) is 4.15. The summed E-state index contributed by atoms with van der Waals surface area (Å²) >= 11 is 1.34. The molecule has 0 fully saturated rings. The molecule has 0 bridgehead atoms. The molecule has 5 nitrogen and oxygen atoms in total. The highest BCUT2D eigenvalue weighted by Gasteiger charge is 2.14. The molecular formula is C18H14F2N2O3S. The molecule has 1 aromatic heterocycles. The van der Waals surface area contributed by atoms with E-state index in [0.717, 1.165) is 10.2 Å². The number of carbonyl (C=O) groups is 1. The van der Waals surface area contributed by atoms with Crippen molar-refractivity contribution in [2.24, 2.45) is 0 Å². The Bertz CT molecular complexity index is 924. The van der Waals surface area contributed by atoms with Gasteiger partial charge in [-0.1, -0.05) is 35.6 Å². The summed E-state index contributed by atoms with van der Waals surface area (Å²) in [7, 11) is 1.35. The van der Waals surface area contributed by atoms with E-state index in [-0.39, 0.29) is 11.5 Å². The molecule has 1 N–H and O–H groups in total. The van der Waals surface area contributed by atoms with E-state index in [1.54, 1.807) is 12.1 Å². The van der Waals surface area contributed by atoms with Crippen molar-refractivity contribution < 1.29 is 23.0 Å². The predicted octanol–water partition coefficient (Wildman–Crippen LogP) is 4.56. The third-order valence-corrected chi connectivity index (χ3v) is 4.33. The van der Waals surface area contributed by atoms with Crippen molar-refractivity contribution in [3.63, 3.8) is 0 Å². The smallest absolute Gasteiger partial charge is 0.387 e. The Hall–Kier alpha value is -3.00. The summed E-state index contributed by atoms with van der Waals surface area (Å²) in [5.74, 6) is -0.414. The highest BCUT2D eigenvalue weighted by atomic mass is 32.1. The molecule has 1 heterocycles. The molecule has 0 radical (unpaired) electrons. The van der Waals surface area contributed by atoms with Gasteiger partial charge in [-0.15, -0.1) is 0 Å². The number of halogens is 2. The number of para-hydroxylation sites is 2. The molecule has 0 aliphatic carbocycles. The number of carbonyl (C=O) groups excluding carboxylic acids is 1. The van der Waals surface area contributed by atoms with Crippen LogP contribution in [0.15, 0.2) is 48.5 Å². The lowest BCUT2D eigenvalue weighted by molar-refractivity contribution is -0.111. The summed E-state index contributed by atoms with van der Waals surface area (Å²) in [4.78, 5) is 16.4.